The fourth-order valence-electron chi connectivity index (χ4n) is 4.11. The van der Waals surface area contributed by atoms with Crippen LogP contribution in [0.25, 0.3) is 17.0 Å². The Labute approximate surface area is 198 Å². The Morgan fingerprint density at radius 1 is 1.24 bits per heavy atom. The van der Waals surface area contributed by atoms with Crippen LogP contribution in [0.3, 0.4) is 0 Å². The number of benzene rings is 2. The number of halogens is 1. The molecular weight excluding hydrogens is 458 g/mol. The maximum absolute atomic E-state index is 13.6. The van der Waals surface area contributed by atoms with Crippen molar-refractivity contribution in [3.8, 4) is 0 Å². The predicted molar refractivity (Wildman–Crippen MR) is 130 cm³/mol. The summed E-state index contributed by atoms with van der Waals surface area (Å²) in [6.07, 6.45) is 3.75. The van der Waals surface area contributed by atoms with Gasteiger partial charge in [-0.3, -0.25) is 9.36 Å². The summed E-state index contributed by atoms with van der Waals surface area (Å²) in [7, 11) is 0. The number of carbonyl (C=O) groups excluding carboxylic acids is 1. The summed E-state index contributed by atoms with van der Waals surface area (Å²) in [4.78, 5) is 34.9. The minimum Gasteiger partial charge on any atom is -0.463 e. The van der Waals surface area contributed by atoms with Crippen LogP contribution in [0.4, 0.5) is 0 Å². The number of aromatic amines is 1. The molecule has 1 N–H and O–H groups in total. The average molecular weight is 478 g/mol. The topological polar surface area (TPSA) is 76.4 Å². The molecule has 0 bridgehead atoms. The molecule has 4 aromatic rings. The zero-order valence-corrected chi connectivity index (χ0v) is 19.5. The fraction of sp³-hybridized carbons (Fsp3) is 0.160. The molecule has 6 nitrogen and oxygen atoms in total. The Hall–Kier alpha value is -3.42. The first-order valence-electron chi connectivity index (χ1n) is 10.5. The molecule has 166 valence electrons. The van der Waals surface area contributed by atoms with Crippen LogP contribution in [-0.4, -0.2) is 22.1 Å². The van der Waals surface area contributed by atoms with Crippen LogP contribution < -0.4 is 14.9 Å². The van der Waals surface area contributed by atoms with Crippen LogP contribution in [-0.2, 0) is 9.53 Å². The number of nitrogens with one attached hydrogen (secondary N) is 1. The number of ether oxygens (including phenoxy) is 1. The number of hydrogen-bond donors (Lipinski definition) is 1. The van der Waals surface area contributed by atoms with Gasteiger partial charge in [0, 0.05) is 27.7 Å². The summed E-state index contributed by atoms with van der Waals surface area (Å²) >= 11 is 7.40. The van der Waals surface area contributed by atoms with E-state index in [1.165, 1.54) is 11.3 Å². The molecule has 33 heavy (non-hydrogen) atoms. The molecule has 2 aromatic carbocycles. The van der Waals surface area contributed by atoms with E-state index in [0.717, 1.165) is 22.0 Å². The summed E-state index contributed by atoms with van der Waals surface area (Å²) < 4.78 is 7.43. The van der Waals surface area contributed by atoms with E-state index in [4.69, 9.17) is 16.3 Å². The molecule has 0 spiro atoms. The van der Waals surface area contributed by atoms with Crippen LogP contribution in [0, 0.1) is 0 Å². The monoisotopic (exact) mass is 477 g/mol. The lowest BCUT2D eigenvalue weighted by Gasteiger charge is -2.24. The molecule has 1 aliphatic rings. The Morgan fingerprint density at radius 2 is 2.00 bits per heavy atom. The first kappa shape index (κ1) is 21.4. The smallest absolute Gasteiger partial charge is 0.338 e. The maximum Gasteiger partial charge on any atom is 0.338 e. The number of H-pyrrole nitrogens is 1. The molecule has 0 amide bonds. The highest BCUT2D eigenvalue weighted by Crippen LogP contribution is 2.31. The zero-order valence-electron chi connectivity index (χ0n) is 18.0. The second-order valence-corrected chi connectivity index (χ2v) is 9.09. The lowest BCUT2D eigenvalue weighted by Crippen LogP contribution is -2.39. The molecule has 5 rings (SSSR count). The highest BCUT2D eigenvalue weighted by Gasteiger charge is 2.33. The molecule has 0 saturated heterocycles. The molecule has 0 aliphatic carbocycles. The van der Waals surface area contributed by atoms with Crippen molar-refractivity contribution in [2.24, 2.45) is 4.99 Å². The first-order chi connectivity index (χ1) is 16.0. The number of rotatable bonds is 4. The summed E-state index contributed by atoms with van der Waals surface area (Å²) in [5.41, 5.74) is 3.35. The average Bonchev–Trinajstić information content (AvgIpc) is 3.35. The second kappa shape index (κ2) is 8.50. The molecule has 1 atom stereocenters. The van der Waals surface area contributed by atoms with E-state index >= 15 is 0 Å². The molecular formula is C25H20ClN3O3S. The van der Waals surface area contributed by atoms with Gasteiger partial charge in [0.1, 0.15) is 0 Å². The van der Waals surface area contributed by atoms with E-state index in [-0.39, 0.29) is 12.2 Å². The van der Waals surface area contributed by atoms with Gasteiger partial charge in [0.05, 0.1) is 28.5 Å². The van der Waals surface area contributed by atoms with E-state index in [1.807, 2.05) is 48.7 Å². The van der Waals surface area contributed by atoms with E-state index in [1.54, 1.807) is 30.5 Å². The molecule has 1 unspecified atom stereocenters. The molecule has 0 fully saturated rings. The van der Waals surface area contributed by atoms with Gasteiger partial charge in [0.2, 0.25) is 0 Å². The van der Waals surface area contributed by atoms with Gasteiger partial charge in [-0.2, -0.15) is 0 Å². The third-order valence-electron chi connectivity index (χ3n) is 5.61. The largest absolute Gasteiger partial charge is 0.463 e. The van der Waals surface area contributed by atoms with E-state index in [2.05, 4.69) is 9.98 Å². The Balaban J connectivity index is 1.74. The maximum atomic E-state index is 13.6. The quantitative estimate of drug-likeness (QED) is 0.452. The molecule has 8 heteroatoms. The highest BCUT2D eigenvalue weighted by molar-refractivity contribution is 7.07. The number of aromatic nitrogens is 2. The van der Waals surface area contributed by atoms with Crippen molar-refractivity contribution in [1.82, 2.24) is 9.55 Å². The SMILES string of the molecule is CCOC(=O)C1=C(C)N=c2s/c(=C\c3c[nH]c4ccccc34)c(=O)n2C1c1ccc(Cl)cc1. The molecule has 3 heterocycles. The Morgan fingerprint density at radius 3 is 2.76 bits per heavy atom. The normalized spacial score (nSPS) is 16.1. The van der Waals surface area contributed by atoms with Gasteiger partial charge in [-0.1, -0.05) is 53.3 Å². The van der Waals surface area contributed by atoms with Crippen molar-refractivity contribution in [2.45, 2.75) is 19.9 Å². The number of nitrogens with zero attached hydrogens (tertiary/aromatic N) is 2. The predicted octanol–water partition coefficient (Wildman–Crippen LogP) is 3.93. The lowest BCUT2D eigenvalue weighted by molar-refractivity contribution is -0.139. The zero-order chi connectivity index (χ0) is 23.1. The van der Waals surface area contributed by atoms with Crippen molar-refractivity contribution in [1.29, 1.82) is 0 Å². The minimum atomic E-state index is -0.650. The highest BCUT2D eigenvalue weighted by atomic mass is 35.5. The van der Waals surface area contributed by atoms with Crippen LogP contribution in [0.5, 0.6) is 0 Å². The molecule has 1 aliphatic heterocycles. The summed E-state index contributed by atoms with van der Waals surface area (Å²) in [5.74, 6) is -0.482. The van der Waals surface area contributed by atoms with Crippen LogP contribution >= 0.6 is 22.9 Å². The van der Waals surface area contributed by atoms with E-state index in [0.29, 0.717) is 25.6 Å². The van der Waals surface area contributed by atoms with Gasteiger partial charge in [-0.15, -0.1) is 0 Å². The second-order valence-electron chi connectivity index (χ2n) is 7.64. The molecule has 0 radical (unpaired) electrons. The fourth-order valence-corrected chi connectivity index (χ4v) is 5.27. The minimum absolute atomic E-state index is 0.210. The van der Waals surface area contributed by atoms with Crippen molar-refractivity contribution < 1.29 is 9.53 Å². The number of thiazole rings is 1. The van der Waals surface area contributed by atoms with Gasteiger partial charge in [-0.25, -0.2) is 9.79 Å². The number of carbonyl (C=O) groups is 1. The number of para-hydroxylation sites is 1. The van der Waals surface area contributed by atoms with Crippen molar-refractivity contribution in [3.05, 3.63) is 102 Å². The van der Waals surface area contributed by atoms with Gasteiger partial charge >= 0.3 is 5.97 Å². The van der Waals surface area contributed by atoms with Gasteiger partial charge < -0.3 is 9.72 Å². The number of fused-ring (bicyclic) bond motifs is 2. The van der Waals surface area contributed by atoms with Crippen molar-refractivity contribution in [2.75, 3.05) is 6.61 Å². The third kappa shape index (κ3) is 3.73. The van der Waals surface area contributed by atoms with Crippen molar-refractivity contribution >= 4 is 45.9 Å². The van der Waals surface area contributed by atoms with Gasteiger partial charge in [0.15, 0.2) is 4.80 Å². The van der Waals surface area contributed by atoms with Crippen LogP contribution in [0.15, 0.2) is 75.8 Å². The Kier molecular flexibility index (Phi) is 5.52. The first-order valence-corrected chi connectivity index (χ1v) is 11.7. The summed E-state index contributed by atoms with van der Waals surface area (Å²) in [6, 6.07) is 14.4. The van der Waals surface area contributed by atoms with E-state index in [9.17, 15) is 9.59 Å². The van der Waals surface area contributed by atoms with E-state index < -0.39 is 12.0 Å². The summed E-state index contributed by atoms with van der Waals surface area (Å²) in [5, 5.41) is 1.60. The number of hydrogen-bond acceptors (Lipinski definition) is 5. The van der Waals surface area contributed by atoms with Gasteiger partial charge in [0.25, 0.3) is 5.56 Å². The van der Waals surface area contributed by atoms with Crippen molar-refractivity contribution in [3.63, 3.8) is 0 Å². The lowest BCUT2D eigenvalue weighted by atomic mass is 9.96. The molecule has 2 aromatic heterocycles. The summed E-state index contributed by atoms with van der Waals surface area (Å²) in [6.45, 7) is 3.75. The number of esters is 1. The standard InChI is InChI=1S/C25H20ClN3O3S/c1-3-32-24(31)21-14(2)28-25-29(22(21)15-8-10-17(26)11-9-15)23(30)20(33-25)12-16-13-27-19-7-5-4-6-18(16)19/h4-13,22,27H,3H2,1-2H3/b20-12-. The van der Waals surface area contributed by atoms with Crippen LogP contribution in [0.1, 0.15) is 31.0 Å². The van der Waals surface area contributed by atoms with Crippen LogP contribution in [0.2, 0.25) is 5.02 Å². The Bertz CT molecular complexity index is 1590. The van der Waals surface area contributed by atoms with Gasteiger partial charge in [-0.05, 0) is 43.7 Å². The third-order valence-corrected chi connectivity index (χ3v) is 6.85. The molecule has 0 saturated carbocycles. The number of allylic oxidation sites excluding steroid dienone is 1.